The molecule has 1 saturated carbocycles. The molecular weight excluding hydrogens is 252 g/mol. The minimum Gasteiger partial charge on any atom is -0.480 e. The van der Waals surface area contributed by atoms with Gasteiger partial charge in [-0.1, -0.05) is 5.16 Å². The highest BCUT2D eigenvalue weighted by Crippen LogP contribution is 2.39. The molecular formula is C11H16N4O4. The van der Waals surface area contributed by atoms with E-state index in [1.54, 1.807) is 6.92 Å². The number of aliphatic carboxylic acids is 1. The first-order valence-electron chi connectivity index (χ1n) is 6.00. The van der Waals surface area contributed by atoms with Crippen LogP contribution in [0.1, 0.15) is 31.5 Å². The van der Waals surface area contributed by atoms with Gasteiger partial charge < -0.3 is 20.3 Å². The molecule has 1 heterocycles. The van der Waals surface area contributed by atoms with E-state index in [0.717, 1.165) is 12.8 Å². The van der Waals surface area contributed by atoms with Gasteiger partial charge in [0.15, 0.2) is 5.82 Å². The lowest BCUT2D eigenvalue weighted by Crippen LogP contribution is -2.56. The molecule has 1 aromatic rings. The zero-order chi connectivity index (χ0) is 14.0. The van der Waals surface area contributed by atoms with Crippen LogP contribution in [0.5, 0.6) is 0 Å². The fourth-order valence-corrected chi connectivity index (χ4v) is 1.84. The lowest BCUT2D eigenvalue weighted by molar-refractivity contribution is -0.144. The van der Waals surface area contributed by atoms with Crippen LogP contribution in [-0.4, -0.2) is 32.8 Å². The molecule has 2 rings (SSSR count). The molecule has 0 aromatic carbocycles. The number of nitrogens with zero attached hydrogens (tertiary/aromatic N) is 2. The normalized spacial score (nSPS) is 17.6. The molecule has 0 spiro atoms. The molecule has 0 aliphatic heterocycles. The molecule has 0 radical (unpaired) electrons. The maximum atomic E-state index is 11.7. The smallest absolute Gasteiger partial charge is 0.329 e. The number of carbonyl (C=O) groups is 2. The van der Waals surface area contributed by atoms with Crippen LogP contribution in [0.15, 0.2) is 4.52 Å². The Morgan fingerprint density at radius 3 is 2.68 bits per heavy atom. The van der Waals surface area contributed by atoms with Gasteiger partial charge in [-0.15, -0.1) is 0 Å². The molecule has 2 amide bonds. The topological polar surface area (TPSA) is 117 Å². The predicted molar refractivity (Wildman–Crippen MR) is 63.2 cm³/mol. The van der Waals surface area contributed by atoms with E-state index in [0.29, 0.717) is 5.82 Å². The monoisotopic (exact) mass is 268 g/mol. The van der Waals surface area contributed by atoms with Gasteiger partial charge in [-0.2, -0.15) is 4.98 Å². The maximum Gasteiger partial charge on any atom is 0.329 e. The number of hydrogen-bond acceptors (Lipinski definition) is 5. The molecule has 1 atom stereocenters. The fourth-order valence-electron chi connectivity index (χ4n) is 1.84. The van der Waals surface area contributed by atoms with Crippen molar-refractivity contribution in [2.45, 2.75) is 38.8 Å². The predicted octanol–water partition coefficient (Wildman–Crippen LogP) is 0.431. The van der Waals surface area contributed by atoms with Crippen LogP contribution in [-0.2, 0) is 11.3 Å². The molecule has 0 bridgehead atoms. The zero-order valence-corrected chi connectivity index (χ0v) is 10.8. The highest BCUT2D eigenvalue weighted by atomic mass is 16.5. The molecule has 1 aromatic heterocycles. The number of nitrogens with one attached hydrogen (secondary N) is 2. The first-order valence-corrected chi connectivity index (χ1v) is 6.00. The third-order valence-electron chi connectivity index (χ3n) is 3.18. The highest BCUT2D eigenvalue weighted by Gasteiger charge is 2.48. The van der Waals surface area contributed by atoms with Gasteiger partial charge in [-0.3, -0.25) is 0 Å². The van der Waals surface area contributed by atoms with Crippen molar-refractivity contribution in [1.82, 2.24) is 20.8 Å². The van der Waals surface area contributed by atoms with Crippen LogP contribution in [0.25, 0.3) is 0 Å². The SMILES string of the molecule is Cc1noc(CNC(=O)NC(C)(C(=O)O)C2CC2)n1. The molecule has 8 heteroatoms. The average Bonchev–Trinajstić information content (AvgIpc) is 3.11. The van der Waals surface area contributed by atoms with Crippen molar-refractivity contribution in [3.63, 3.8) is 0 Å². The number of amides is 2. The van der Waals surface area contributed by atoms with Crippen LogP contribution >= 0.6 is 0 Å². The third-order valence-corrected chi connectivity index (χ3v) is 3.18. The van der Waals surface area contributed by atoms with E-state index in [1.807, 2.05) is 0 Å². The van der Waals surface area contributed by atoms with E-state index in [-0.39, 0.29) is 18.4 Å². The van der Waals surface area contributed by atoms with Crippen LogP contribution in [0.4, 0.5) is 4.79 Å². The number of carboxylic acids is 1. The van der Waals surface area contributed by atoms with Crippen molar-refractivity contribution in [3.8, 4) is 0 Å². The molecule has 104 valence electrons. The first-order chi connectivity index (χ1) is 8.91. The lowest BCUT2D eigenvalue weighted by atomic mass is 9.96. The third kappa shape index (κ3) is 3.01. The zero-order valence-electron chi connectivity index (χ0n) is 10.8. The van der Waals surface area contributed by atoms with Crippen molar-refractivity contribution in [1.29, 1.82) is 0 Å². The van der Waals surface area contributed by atoms with E-state index >= 15 is 0 Å². The van der Waals surface area contributed by atoms with E-state index in [2.05, 4.69) is 20.8 Å². The molecule has 0 saturated heterocycles. The number of aryl methyl sites for hydroxylation is 1. The molecule has 1 fully saturated rings. The minimum atomic E-state index is -1.23. The van der Waals surface area contributed by atoms with Crippen molar-refractivity contribution in [2.75, 3.05) is 0 Å². The van der Waals surface area contributed by atoms with E-state index in [9.17, 15) is 14.7 Å². The molecule has 8 nitrogen and oxygen atoms in total. The Morgan fingerprint density at radius 1 is 1.53 bits per heavy atom. The summed E-state index contributed by atoms with van der Waals surface area (Å²) < 4.78 is 4.83. The summed E-state index contributed by atoms with van der Waals surface area (Å²) in [6, 6.07) is -0.562. The van der Waals surface area contributed by atoms with Gasteiger partial charge in [0.1, 0.15) is 5.54 Å². The van der Waals surface area contributed by atoms with Gasteiger partial charge in [0, 0.05) is 0 Å². The fraction of sp³-hybridized carbons (Fsp3) is 0.636. The summed E-state index contributed by atoms with van der Waals surface area (Å²) in [5, 5.41) is 17.8. The van der Waals surface area contributed by atoms with Crippen molar-refractivity contribution < 1.29 is 19.2 Å². The highest BCUT2D eigenvalue weighted by molar-refractivity contribution is 5.86. The number of urea groups is 1. The number of carboxylic acid groups (broad SMARTS) is 1. The summed E-state index contributed by atoms with van der Waals surface area (Å²) >= 11 is 0. The van der Waals surface area contributed by atoms with Crippen molar-refractivity contribution in [3.05, 3.63) is 11.7 Å². The molecule has 3 N–H and O–H groups in total. The second-order valence-corrected chi connectivity index (χ2v) is 4.82. The van der Waals surface area contributed by atoms with E-state index in [4.69, 9.17) is 4.52 Å². The number of aromatic nitrogens is 2. The van der Waals surface area contributed by atoms with E-state index in [1.165, 1.54) is 6.92 Å². The van der Waals surface area contributed by atoms with Gasteiger partial charge in [0.25, 0.3) is 0 Å². The van der Waals surface area contributed by atoms with Gasteiger partial charge >= 0.3 is 12.0 Å². The largest absolute Gasteiger partial charge is 0.480 e. The van der Waals surface area contributed by atoms with Crippen LogP contribution in [0.2, 0.25) is 0 Å². The molecule has 1 aliphatic carbocycles. The quantitative estimate of drug-likeness (QED) is 0.712. The summed E-state index contributed by atoms with van der Waals surface area (Å²) in [6.45, 7) is 3.25. The van der Waals surface area contributed by atoms with Crippen molar-refractivity contribution >= 4 is 12.0 Å². The van der Waals surface area contributed by atoms with E-state index < -0.39 is 17.5 Å². The number of rotatable bonds is 5. The first kappa shape index (κ1) is 13.3. The molecule has 19 heavy (non-hydrogen) atoms. The number of carbonyl (C=O) groups excluding carboxylic acids is 1. The Kier molecular flexibility index (Phi) is 3.41. The summed E-state index contributed by atoms with van der Waals surface area (Å²) in [4.78, 5) is 26.9. The summed E-state index contributed by atoms with van der Waals surface area (Å²) in [5.74, 6) is -0.290. The summed E-state index contributed by atoms with van der Waals surface area (Å²) in [7, 11) is 0. The minimum absolute atomic E-state index is 0.0126. The second-order valence-electron chi connectivity index (χ2n) is 4.82. The van der Waals surface area contributed by atoms with Crippen LogP contribution < -0.4 is 10.6 Å². The Bertz CT molecular complexity index is 497. The lowest BCUT2D eigenvalue weighted by Gasteiger charge is -2.25. The van der Waals surface area contributed by atoms with Crippen LogP contribution in [0.3, 0.4) is 0 Å². The summed E-state index contributed by atoms with van der Waals surface area (Å²) in [5.41, 5.74) is -1.23. The Morgan fingerprint density at radius 2 is 2.21 bits per heavy atom. The average molecular weight is 268 g/mol. The van der Waals surface area contributed by atoms with Crippen molar-refractivity contribution in [2.24, 2.45) is 5.92 Å². The Balaban J connectivity index is 1.88. The Labute approximate surface area is 109 Å². The van der Waals surface area contributed by atoms with Gasteiger partial charge in [-0.05, 0) is 32.6 Å². The van der Waals surface area contributed by atoms with Gasteiger partial charge in [0.05, 0.1) is 6.54 Å². The Hall–Kier alpha value is -2.12. The second kappa shape index (κ2) is 4.87. The van der Waals surface area contributed by atoms with Gasteiger partial charge in [-0.25, -0.2) is 9.59 Å². The van der Waals surface area contributed by atoms with Gasteiger partial charge in [0.2, 0.25) is 5.89 Å². The summed E-state index contributed by atoms with van der Waals surface area (Å²) in [6.07, 6.45) is 1.62. The molecule has 1 aliphatic rings. The standard InChI is InChI=1S/C11H16N4O4/c1-6-13-8(19-15-6)5-12-10(18)14-11(2,9(16)17)7-3-4-7/h7H,3-5H2,1-2H3,(H,16,17)(H2,12,14,18). The van der Waals surface area contributed by atoms with Crippen LogP contribution in [0, 0.1) is 12.8 Å². The number of hydrogen-bond donors (Lipinski definition) is 3. The maximum absolute atomic E-state index is 11.7. The molecule has 1 unspecified atom stereocenters.